The van der Waals surface area contributed by atoms with Crippen LogP contribution in [-0.2, 0) is 16.6 Å². The predicted molar refractivity (Wildman–Crippen MR) is 74.0 cm³/mol. The highest BCUT2D eigenvalue weighted by molar-refractivity contribution is 7.10. The Morgan fingerprint density at radius 3 is 2.89 bits per heavy atom. The number of ether oxygens (including phenoxy) is 1. The Morgan fingerprint density at radius 2 is 2.37 bits per heavy atom. The van der Waals surface area contributed by atoms with Crippen LogP contribution >= 0.6 is 11.3 Å². The van der Waals surface area contributed by atoms with Gasteiger partial charge in [-0.2, -0.15) is 0 Å². The largest absolute Gasteiger partial charge is 0.468 e. The van der Waals surface area contributed by atoms with Crippen molar-refractivity contribution in [1.82, 2.24) is 14.9 Å². The summed E-state index contributed by atoms with van der Waals surface area (Å²) < 4.78 is 6.70. The highest BCUT2D eigenvalue weighted by Crippen LogP contribution is 2.25. The molecule has 0 saturated heterocycles. The van der Waals surface area contributed by atoms with Gasteiger partial charge in [0.15, 0.2) is 0 Å². The van der Waals surface area contributed by atoms with Crippen LogP contribution in [0.5, 0.6) is 0 Å². The lowest BCUT2D eigenvalue weighted by molar-refractivity contribution is -0.142. The van der Waals surface area contributed by atoms with E-state index in [1.807, 2.05) is 35.3 Å². The SMILES string of the molecule is COC(=O)[C@H](C)NC(c1cccs1)c1nccn1C. The number of imidazole rings is 1. The second-order valence-electron chi connectivity index (χ2n) is 4.26. The first kappa shape index (κ1) is 13.8. The van der Waals surface area contributed by atoms with E-state index in [1.54, 1.807) is 24.5 Å². The molecule has 0 amide bonds. The summed E-state index contributed by atoms with van der Waals surface area (Å²) in [6.45, 7) is 1.79. The Balaban J connectivity index is 2.26. The predicted octanol–water partition coefficient (Wildman–Crippen LogP) is 1.72. The number of nitrogens with zero attached hydrogens (tertiary/aromatic N) is 2. The molecule has 0 aromatic carbocycles. The first-order valence-corrected chi connectivity index (χ1v) is 6.86. The molecule has 19 heavy (non-hydrogen) atoms. The van der Waals surface area contributed by atoms with Gasteiger partial charge in [-0.05, 0) is 18.4 Å². The average molecular weight is 279 g/mol. The van der Waals surface area contributed by atoms with Gasteiger partial charge in [-0.25, -0.2) is 4.98 Å². The fourth-order valence-corrected chi connectivity index (χ4v) is 2.67. The van der Waals surface area contributed by atoms with Crippen molar-refractivity contribution in [3.63, 3.8) is 0 Å². The fraction of sp³-hybridized carbons (Fsp3) is 0.385. The third-order valence-electron chi connectivity index (χ3n) is 2.92. The van der Waals surface area contributed by atoms with Gasteiger partial charge in [-0.1, -0.05) is 6.07 Å². The van der Waals surface area contributed by atoms with Crippen molar-refractivity contribution in [2.45, 2.75) is 19.0 Å². The van der Waals surface area contributed by atoms with Crippen LogP contribution in [0, 0.1) is 0 Å². The highest BCUT2D eigenvalue weighted by Gasteiger charge is 2.24. The van der Waals surface area contributed by atoms with Gasteiger partial charge in [0.2, 0.25) is 0 Å². The number of aromatic nitrogens is 2. The van der Waals surface area contributed by atoms with Crippen LogP contribution in [0.25, 0.3) is 0 Å². The van der Waals surface area contributed by atoms with E-state index in [-0.39, 0.29) is 12.0 Å². The monoisotopic (exact) mass is 279 g/mol. The van der Waals surface area contributed by atoms with E-state index in [0.717, 1.165) is 10.7 Å². The number of carbonyl (C=O) groups is 1. The van der Waals surface area contributed by atoms with Gasteiger partial charge in [0.05, 0.1) is 7.11 Å². The van der Waals surface area contributed by atoms with Crippen LogP contribution in [0.1, 0.15) is 23.7 Å². The molecule has 0 aliphatic carbocycles. The van der Waals surface area contributed by atoms with Crippen LogP contribution in [0.15, 0.2) is 29.9 Å². The van der Waals surface area contributed by atoms with E-state index in [4.69, 9.17) is 4.74 Å². The Hall–Kier alpha value is -1.66. The van der Waals surface area contributed by atoms with E-state index in [9.17, 15) is 4.79 Å². The second kappa shape index (κ2) is 5.99. The maximum absolute atomic E-state index is 11.6. The Kier molecular flexibility index (Phi) is 4.34. The third kappa shape index (κ3) is 3.02. The summed E-state index contributed by atoms with van der Waals surface area (Å²) in [6, 6.07) is 3.50. The standard InChI is InChI=1S/C13H17N3O2S/c1-9(13(17)18-3)15-11(10-5-4-8-19-10)12-14-6-7-16(12)2/h4-9,11,15H,1-3H3/t9-,11?/m0/s1. The number of thiophene rings is 1. The van der Waals surface area contributed by atoms with Crippen LogP contribution in [0.3, 0.4) is 0 Å². The maximum Gasteiger partial charge on any atom is 0.322 e. The van der Waals surface area contributed by atoms with Crippen molar-refractivity contribution in [2.24, 2.45) is 7.05 Å². The Morgan fingerprint density at radius 1 is 1.58 bits per heavy atom. The number of hydrogen-bond donors (Lipinski definition) is 1. The molecule has 0 saturated carbocycles. The summed E-state index contributed by atoms with van der Waals surface area (Å²) in [7, 11) is 3.33. The lowest BCUT2D eigenvalue weighted by Crippen LogP contribution is -2.38. The number of methoxy groups -OCH3 is 1. The summed E-state index contributed by atoms with van der Waals surface area (Å²) in [5, 5.41) is 5.28. The number of hydrogen-bond acceptors (Lipinski definition) is 5. The number of aryl methyl sites for hydroxylation is 1. The topological polar surface area (TPSA) is 56.1 Å². The van der Waals surface area contributed by atoms with Gasteiger partial charge < -0.3 is 9.30 Å². The molecule has 0 radical (unpaired) electrons. The molecule has 0 fully saturated rings. The molecule has 6 heteroatoms. The number of rotatable bonds is 5. The summed E-state index contributed by atoms with van der Waals surface area (Å²) >= 11 is 1.63. The first-order valence-electron chi connectivity index (χ1n) is 5.98. The first-order chi connectivity index (χ1) is 9.13. The van der Waals surface area contributed by atoms with Crippen molar-refractivity contribution in [1.29, 1.82) is 0 Å². The average Bonchev–Trinajstić information content (AvgIpc) is 3.06. The minimum Gasteiger partial charge on any atom is -0.468 e. The van der Waals surface area contributed by atoms with E-state index in [2.05, 4.69) is 10.3 Å². The van der Waals surface area contributed by atoms with Crippen molar-refractivity contribution in [3.8, 4) is 0 Å². The second-order valence-corrected chi connectivity index (χ2v) is 5.24. The number of nitrogens with one attached hydrogen (secondary N) is 1. The zero-order valence-electron chi connectivity index (χ0n) is 11.2. The Bertz CT molecular complexity index is 536. The minimum absolute atomic E-state index is 0.117. The molecule has 0 aliphatic rings. The molecule has 0 aliphatic heterocycles. The lowest BCUT2D eigenvalue weighted by Gasteiger charge is -2.20. The molecule has 2 heterocycles. The van der Waals surface area contributed by atoms with Crippen molar-refractivity contribution in [3.05, 3.63) is 40.6 Å². The summed E-state index contributed by atoms with van der Waals surface area (Å²) in [6.07, 6.45) is 3.64. The molecule has 102 valence electrons. The van der Waals surface area contributed by atoms with Gasteiger partial charge in [-0.3, -0.25) is 10.1 Å². The van der Waals surface area contributed by atoms with Gasteiger partial charge in [0, 0.05) is 24.3 Å². The summed E-state index contributed by atoms with van der Waals surface area (Å²) in [4.78, 5) is 17.0. The molecule has 5 nitrogen and oxygen atoms in total. The molecule has 2 rings (SSSR count). The van der Waals surface area contributed by atoms with Crippen LogP contribution in [0.4, 0.5) is 0 Å². The van der Waals surface area contributed by atoms with Gasteiger partial charge >= 0.3 is 5.97 Å². The van der Waals surface area contributed by atoms with E-state index < -0.39 is 6.04 Å². The highest BCUT2D eigenvalue weighted by atomic mass is 32.1. The molecular formula is C13H17N3O2S. The van der Waals surface area contributed by atoms with Crippen molar-refractivity contribution < 1.29 is 9.53 Å². The maximum atomic E-state index is 11.6. The van der Waals surface area contributed by atoms with E-state index >= 15 is 0 Å². The molecule has 1 unspecified atom stereocenters. The quantitative estimate of drug-likeness (QED) is 0.847. The third-order valence-corrected chi connectivity index (χ3v) is 3.85. The van der Waals surface area contributed by atoms with E-state index in [0.29, 0.717) is 0 Å². The molecule has 0 bridgehead atoms. The van der Waals surface area contributed by atoms with Crippen LogP contribution in [-0.4, -0.2) is 28.7 Å². The van der Waals surface area contributed by atoms with Gasteiger partial charge in [0.1, 0.15) is 17.9 Å². The zero-order valence-corrected chi connectivity index (χ0v) is 12.0. The minimum atomic E-state index is -0.395. The molecule has 2 aromatic heterocycles. The van der Waals surface area contributed by atoms with Gasteiger partial charge in [-0.15, -0.1) is 11.3 Å². The summed E-state index contributed by atoms with van der Waals surface area (Å²) in [5.41, 5.74) is 0. The van der Waals surface area contributed by atoms with Crippen molar-refractivity contribution in [2.75, 3.05) is 7.11 Å². The molecule has 1 N–H and O–H groups in total. The molecular weight excluding hydrogens is 262 g/mol. The van der Waals surface area contributed by atoms with Crippen molar-refractivity contribution >= 4 is 17.3 Å². The van der Waals surface area contributed by atoms with Crippen LogP contribution in [0.2, 0.25) is 0 Å². The molecule has 0 spiro atoms. The normalized spacial score (nSPS) is 14.1. The number of esters is 1. The Labute approximate surface area is 116 Å². The van der Waals surface area contributed by atoms with Crippen LogP contribution < -0.4 is 5.32 Å². The zero-order chi connectivity index (χ0) is 13.8. The lowest BCUT2D eigenvalue weighted by atomic mass is 10.2. The van der Waals surface area contributed by atoms with E-state index in [1.165, 1.54) is 7.11 Å². The molecule has 2 aromatic rings. The van der Waals surface area contributed by atoms with Gasteiger partial charge in [0.25, 0.3) is 0 Å². The fourth-order valence-electron chi connectivity index (χ4n) is 1.89. The summed E-state index contributed by atoms with van der Waals surface area (Å²) in [5.74, 6) is 0.592. The smallest absolute Gasteiger partial charge is 0.322 e. The number of carbonyl (C=O) groups excluding carboxylic acids is 1. The molecule has 2 atom stereocenters.